The van der Waals surface area contributed by atoms with Crippen LogP contribution in [0.5, 0.6) is 0 Å². The van der Waals surface area contributed by atoms with Gasteiger partial charge in [0.25, 0.3) is 0 Å². The number of hydrogen-bond acceptors (Lipinski definition) is 1. The lowest BCUT2D eigenvalue weighted by Crippen LogP contribution is -1.97. The molecule has 3 heteroatoms. The summed E-state index contributed by atoms with van der Waals surface area (Å²) in [5, 5.41) is 0. The van der Waals surface area contributed by atoms with Crippen molar-refractivity contribution in [2.45, 2.75) is 0 Å². The minimum Gasteiger partial charge on any atom is -0.324 e. The second kappa shape index (κ2) is 6.22. The average molecular weight is 291 g/mol. The number of halogens is 1. The molecule has 0 aliphatic rings. The molecule has 0 spiro atoms. The Hall–Kier alpha value is -2.94. The summed E-state index contributed by atoms with van der Waals surface area (Å²) in [5.41, 5.74) is 2.18. The highest BCUT2D eigenvalue weighted by Crippen LogP contribution is 2.13. The maximum absolute atomic E-state index is 13.1. The van der Waals surface area contributed by atoms with Gasteiger partial charge in [-0.3, -0.25) is 4.79 Å². The van der Waals surface area contributed by atoms with Crippen LogP contribution < -0.4 is 0 Å². The minimum atomic E-state index is -0.316. The molecule has 0 aliphatic carbocycles. The summed E-state index contributed by atoms with van der Waals surface area (Å²) in [6.45, 7) is 0. The molecule has 2 nitrogen and oxygen atoms in total. The smallest absolute Gasteiger partial charge is 0.185 e. The van der Waals surface area contributed by atoms with Gasteiger partial charge in [0.2, 0.25) is 0 Å². The number of carbonyl (C=O) groups excluding carboxylic acids is 1. The first-order valence-electron chi connectivity index (χ1n) is 6.94. The summed E-state index contributed by atoms with van der Waals surface area (Å²) in [7, 11) is 0. The molecule has 0 atom stereocenters. The van der Waals surface area contributed by atoms with Crippen LogP contribution in [0.25, 0.3) is 11.8 Å². The monoisotopic (exact) mass is 291 g/mol. The number of nitrogens with zero attached hydrogens (tertiary/aromatic N) is 1. The van der Waals surface area contributed by atoms with Crippen molar-refractivity contribution in [2.24, 2.45) is 0 Å². The SMILES string of the molecule is O=C(/C=C/c1cccc(F)c1)c1cccc(-n2cccc2)c1. The molecule has 0 bridgehead atoms. The van der Waals surface area contributed by atoms with E-state index in [1.807, 2.05) is 47.3 Å². The van der Waals surface area contributed by atoms with Crippen LogP contribution in [0.15, 0.2) is 79.1 Å². The average Bonchev–Trinajstić information content (AvgIpc) is 3.07. The number of rotatable bonds is 4. The molecule has 22 heavy (non-hydrogen) atoms. The third-order valence-electron chi connectivity index (χ3n) is 3.31. The third kappa shape index (κ3) is 3.20. The van der Waals surface area contributed by atoms with Gasteiger partial charge in [-0.1, -0.05) is 30.3 Å². The summed E-state index contributed by atoms with van der Waals surface area (Å²) in [5.74, 6) is -0.428. The molecule has 0 N–H and O–H groups in total. The second-order valence-electron chi connectivity index (χ2n) is 4.89. The highest BCUT2D eigenvalue weighted by atomic mass is 19.1. The van der Waals surface area contributed by atoms with E-state index in [2.05, 4.69) is 0 Å². The van der Waals surface area contributed by atoms with Gasteiger partial charge < -0.3 is 4.57 Å². The van der Waals surface area contributed by atoms with Gasteiger partial charge in [-0.05, 0) is 48.0 Å². The zero-order chi connectivity index (χ0) is 15.4. The normalized spacial score (nSPS) is 11.0. The van der Waals surface area contributed by atoms with Crippen molar-refractivity contribution in [3.05, 3.63) is 96.1 Å². The van der Waals surface area contributed by atoms with Crippen LogP contribution in [0.3, 0.4) is 0 Å². The van der Waals surface area contributed by atoms with Crippen molar-refractivity contribution in [2.75, 3.05) is 0 Å². The van der Waals surface area contributed by atoms with E-state index in [1.165, 1.54) is 18.2 Å². The second-order valence-corrected chi connectivity index (χ2v) is 4.89. The van der Waals surface area contributed by atoms with E-state index in [1.54, 1.807) is 24.3 Å². The molecule has 2 aromatic carbocycles. The third-order valence-corrected chi connectivity index (χ3v) is 3.31. The van der Waals surface area contributed by atoms with Gasteiger partial charge in [0, 0.05) is 23.6 Å². The van der Waals surface area contributed by atoms with E-state index in [0.717, 1.165) is 5.69 Å². The Kier molecular flexibility index (Phi) is 3.97. The number of hydrogen-bond donors (Lipinski definition) is 0. The van der Waals surface area contributed by atoms with Crippen LogP contribution in [0.4, 0.5) is 4.39 Å². The van der Waals surface area contributed by atoms with E-state index in [9.17, 15) is 9.18 Å². The highest BCUT2D eigenvalue weighted by Gasteiger charge is 2.04. The topological polar surface area (TPSA) is 22.0 Å². The molecule has 0 amide bonds. The lowest BCUT2D eigenvalue weighted by molar-refractivity contribution is 0.104. The zero-order valence-corrected chi connectivity index (χ0v) is 11.8. The quantitative estimate of drug-likeness (QED) is 0.512. The minimum absolute atomic E-state index is 0.113. The first kappa shape index (κ1) is 14.0. The Morgan fingerprint density at radius 1 is 0.955 bits per heavy atom. The van der Waals surface area contributed by atoms with Gasteiger partial charge >= 0.3 is 0 Å². The first-order chi connectivity index (χ1) is 10.7. The Bertz CT molecular complexity index is 819. The van der Waals surface area contributed by atoms with Gasteiger partial charge in [0.05, 0.1) is 0 Å². The summed E-state index contributed by atoms with van der Waals surface area (Å²) >= 11 is 0. The van der Waals surface area contributed by atoms with Crippen molar-refractivity contribution in [1.29, 1.82) is 0 Å². The Labute approximate surface area is 128 Å². The molecule has 3 rings (SSSR count). The zero-order valence-electron chi connectivity index (χ0n) is 11.8. The summed E-state index contributed by atoms with van der Waals surface area (Å²) < 4.78 is 15.0. The van der Waals surface area contributed by atoms with Gasteiger partial charge in [0.15, 0.2) is 5.78 Å². The molecule has 108 valence electrons. The number of aromatic nitrogens is 1. The molecule has 0 fully saturated rings. The Balaban J connectivity index is 1.82. The molecule has 0 radical (unpaired) electrons. The van der Waals surface area contributed by atoms with Crippen molar-refractivity contribution >= 4 is 11.9 Å². The van der Waals surface area contributed by atoms with Crippen molar-refractivity contribution in [3.8, 4) is 5.69 Å². The fourth-order valence-corrected chi connectivity index (χ4v) is 2.20. The van der Waals surface area contributed by atoms with Gasteiger partial charge in [-0.15, -0.1) is 0 Å². The molecule has 0 aliphatic heterocycles. The van der Waals surface area contributed by atoms with Crippen LogP contribution in [0.2, 0.25) is 0 Å². The van der Waals surface area contributed by atoms with E-state index in [-0.39, 0.29) is 11.6 Å². The van der Waals surface area contributed by atoms with E-state index in [4.69, 9.17) is 0 Å². The van der Waals surface area contributed by atoms with Crippen LogP contribution in [-0.4, -0.2) is 10.4 Å². The van der Waals surface area contributed by atoms with Crippen molar-refractivity contribution in [1.82, 2.24) is 4.57 Å². The molecule has 1 heterocycles. The van der Waals surface area contributed by atoms with Crippen LogP contribution in [0, 0.1) is 5.82 Å². The highest BCUT2D eigenvalue weighted by molar-refractivity contribution is 6.07. The van der Waals surface area contributed by atoms with Crippen LogP contribution in [-0.2, 0) is 0 Å². The summed E-state index contributed by atoms with van der Waals surface area (Å²) in [4.78, 5) is 12.2. The van der Waals surface area contributed by atoms with Crippen molar-refractivity contribution < 1.29 is 9.18 Å². The van der Waals surface area contributed by atoms with E-state index >= 15 is 0 Å². The Morgan fingerprint density at radius 2 is 1.73 bits per heavy atom. The molecule has 1 aromatic heterocycles. The fourth-order valence-electron chi connectivity index (χ4n) is 2.20. The standard InChI is InChI=1S/C19H14FNO/c20-17-7-3-5-15(13-17)9-10-19(22)16-6-4-8-18(14-16)21-11-1-2-12-21/h1-14H/b10-9+. The fraction of sp³-hybridized carbons (Fsp3) is 0. The predicted octanol–water partition coefficient (Wildman–Crippen LogP) is 4.51. The van der Waals surface area contributed by atoms with Crippen LogP contribution >= 0.6 is 0 Å². The maximum atomic E-state index is 13.1. The molecule has 0 saturated carbocycles. The molecule has 0 unspecified atom stereocenters. The molecular formula is C19H14FNO. The lowest BCUT2D eigenvalue weighted by atomic mass is 10.1. The predicted molar refractivity (Wildman–Crippen MR) is 85.5 cm³/mol. The lowest BCUT2D eigenvalue weighted by Gasteiger charge is -2.04. The van der Waals surface area contributed by atoms with Crippen molar-refractivity contribution in [3.63, 3.8) is 0 Å². The maximum Gasteiger partial charge on any atom is 0.185 e. The number of benzene rings is 2. The molecule has 0 saturated heterocycles. The number of carbonyl (C=O) groups is 1. The van der Waals surface area contributed by atoms with Gasteiger partial charge in [0.1, 0.15) is 5.82 Å². The molecular weight excluding hydrogens is 277 g/mol. The Morgan fingerprint density at radius 3 is 2.50 bits per heavy atom. The first-order valence-corrected chi connectivity index (χ1v) is 6.94. The summed E-state index contributed by atoms with van der Waals surface area (Å²) in [6.07, 6.45) is 6.93. The van der Waals surface area contributed by atoms with Gasteiger partial charge in [-0.2, -0.15) is 0 Å². The van der Waals surface area contributed by atoms with Gasteiger partial charge in [-0.25, -0.2) is 4.39 Å². The summed E-state index contributed by atoms with van der Waals surface area (Å²) in [6, 6.07) is 17.4. The number of ketones is 1. The van der Waals surface area contributed by atoms with E-state index < -0.39 is 0 Å². The largest absolute Gasteiger partial charge is 0.324 e. The molecule has 3 aromatic rings. The van der Waals surface area contributed by atoms with Crippen LogP contribution in [0.1, 0.15) is 15.9 Å². The number of allylic oxidation sites excluding steroid dienone is 1. The van der Waals surface area contributed by atoms with E-state index in [0.29, 0.717) is 11.1 Å².